The molecule has 0 amide bonds. The number of aromatic amines is 1. The Labute approximate surface area is 165 Å². The van der Waals surface area contributed by atoms with Gasteiger partial charge in [-0.15, -0.1) is 0 Å². The van der Waals surface area contributed by atoms with Crippen molar-refractivity contribution in [3.63, 3.8) is 0 Å². The predicted octanol–water partition coefficient (Wildman–Crippen LogP) is 4.83. The fourth-order valence-corrected chi connectivity index (χ4v) is 3.73. The molecule has 5 nitrogen and oxygen atoms in total. The Morgan fingerprint density at radius 2 is 1.81 bits per heavy atom. The summed E-state index contributed by atoms with van der Waals surface area (Å²) in [4.78, 5) is 15.3. The lowest BCUT2D eigenvalue weighted by Crippen LogP contribution is -2.12. The first-order chi connectivity index (χ1) is 12.6. The van der Waals surface area contributed by atoms with E-state index in [1.807, 2.05) is 30.3 Å². The lowest BCUT2D eigenvalue weighted by atomic mass is 9.98. The van der Waals surface area contributed by atoms with Gasteiger partial charge in [-0.1, -0.05) is 28.1 Å². The van der Waals surface area contributed by atoms with Gasteiger partial charge in [-0.3, -0.25) is 4.79 Å². The maximum Gasteiger partial charge on any atom is 0.266 e. The quantitative estimate of drug-likeness (QED) is 0.578. The molecule has 4 rings (SSSR count). The first-order valence-electron chi connectivity index (χ1n) is 7.60. The van der Waals surface area contributed by atoms with Crippen molar-refractivity contribution in [3.05, 3.63) is 67.3 Å². The van der Waals surface area contributed by atoms with Gasteiger partial charge in [-0.05, 0) is 51.8 Å². The van der Waals surface area contributed by atoms with Crippen molar-refractivity contribution in [1.82, 2.24) is 4.98 Å². The second kappa shape index (κ2) is 6.63. The van der Waals surface area contributed by atoms with Crippen LogP contribution >= 0.6 is 31.9 Å². The molecule has 0 bridgehead atoms. The first kappa shape index (κ1) is 16.9. The Hall–Kier alpha value is -2.56. The molecule has 7 heteroatoms. The second-order valence-corrected chi connectivity index (χ2v) is 7.29. The van der Waals surface area contributed by atoms with Crippen molar-refractivity contribution in [1.29, 1.82) is 5.26 Å². The molecular weight excluding hydrogens is 464 g/mol. The van der Waals surface area contributed by atoms with Crippen LogP contribution in [0.15, 0.2) is 56.2 Å². The molecule has 0 saturated carbocycles. The number of pyridine rings is 1. The normalized spacial score (nSPS) is 12.0. The first-order valence-corrected chi connectivity index (χ1v) is 9.19. The highest BCUT2D eigenvalue weighted by Crippen LogP contribution is 2.45. The van der Waals surface area contributed by atoms with Gasteiger partial charge in [0.05, 0.1) is 4.47 Å². The summed E-state index contributed by atoms with van der Waals surface area (Å²) >= 11 is 6.91. The molecule has 2 heterocycles. The molecular formula is C19H10Br2N2O3. The average molecular weight is 474 g/mol. The number of hydrogen-bond donors (Lipinski definition) is 1. The molecule has 1 N–H and O–H groups in total. The molecule has 0 unspecified atom stereocenters. The minimum Gasteiger partial charge on any atom is -0.454 e. The highest BCUT2D eigenvalue weighted by atomic mass is 79.9. The van der Waals surface area contributed by atoms with Gasteiger partial charge in [-0.25, -0.2) is 0 Å². The minimum absolute atomic E-state index is 0.0467. The second-order valence-electron chi connectivity index (χ2n) is 5.58. The summed E-state index contributed by atoms with van der Waals surface area (Å²) in [6.07, 6.45) is 0. The third-order valence-corrected chi connectivity index (χ3v) is 5.39. The number of nitriles is 1. The van der Waals surface area contributed by atoms with E-state index in [0.717, 1.165) is 10.0 Å². The molecule has 1 aliphatic heterocycles. The topological polar surface area (TPSA) is 75.1 Å². The molecule has 1 aliphatic rings. The van der Waals surface area contributed by atoms with E-state index in [-0.39, 0.29) is 12.4 Å². The molecule has 2 aromatic carbocycles. The Bertz CT molecular complexity index is 1120. The van der Waals surface area contributed by atoms with Gasteiger partial charge < -0.3 is 14.5 Å². The Balaban J connectivity index is 1.95. The van der Waals surface area contributed by atoms with E-state index in [1.54, 1.807) is 18.2 Å². The van der Waals surface area contributed by atoms with Crippen molar-refractivity contribution < 1.29 is 9.47 Å². The number of nitrogens with one attached hydrogen (secondary N) is 1. The maximum absolute atomic E-state index is 12.5. The number of H-pyrrole nitrogens is 1. The van der Waals surface area contributed by atoms with Crippen molar-refractivity contribution in [2.75, 3.05) is 6.79 Å². The fourth-order valence-electron chi connectivity index (χ4n) is 2.81. The van der Waals surface area contributed by atoms with Crippen LogP contribution in [-0.4, -0.2) is 11.8 Å². The summed E-state index contributed by atoms with van der Waals surface area (Å²) in [5, 5.41) is 9.50. The Kier molecular flexibility index (Phi) is 4.31. The van der Waals surface area contributed by atoms with Gasteiger partial charge in [0.2, 0.25) is 6.79 Å². The van der Waals surface area contributed by atoms with Crippen LogP contribution in [0.5, 0.6) is 11.5 Å². The number of fused-ring (bicyclic) bond motifs is 1. The Morgan fingerprint density at radius 1 is 1.04 bits per heavy atom. The summed E-state index contributed by atoms with van der Waals surface area (Å²) in [5.41, 5.74) is 2.29. The predicted molar refractivity (Wildman–Crippen MR) is 104 cm³/mol. The Morgan fingerprint density at radius 3 is 2.54 bits per heavy atom. The van der Waals surface area contributed by atoms with Gasteiger partial charge in [0.25, 0.3) is 5.56 Å². The van der Waals surface area contributed by atoms with Crippen LogP contribution in [0.1, 0.15) is 5.56 Å². The molecule has 0 radical (unpaired) electrons. The summed E-state index contributed by atoms with van der Waals surface area (Å²) < 4.78 is 12.4. The molecule has 0 saturated heterocycles. The number of nitrogens with zero attached hydrogens (tertiary/aromatic N) is 1. The molecule has 0 fully saturated rings. The zero-order valence-electron chi connectivity index (χ0n) is 13.2. The molecule has 3 aromatic rings. The van der Waals surface area contributed by atoms with Crippen LogP contribution in [-0.2, 0) is 0 Å². The van der Waals surface area contributed by atoms with E-state index in [1.165, 1.54) is 0 Å². The van der Waals surface area contributed by atoms with Crippen molar-refractivity contribution >= 4 is 31.9 Å². The molecule has 128 valence electrons. The number of ether oxygens (including phenoxy) is 2. The summed E-state index contributed by atoms with van der Waals surface area (Å²) in [5.74, 6) is 1.19. The number of hydrogen-bond acceptors (Lipinski definition) is 4. The lowest BCUT2D eigenvalue weighted by molar-refractivity contribution is 0.173. The number of aromatic nitrogens is 1. The van der Waals surface area contributed by atoms with E-state index in [4.69, 9.17) is 9.47 Å². The third kappa shape index (κ3) is 2.81. The standard InChI is InChI=1S/C19H10Br2N2O3/c20-11-3-1-10(2-4-11)15-7-13(14(8-22)19(24)23-15)12-5-6-16-18(17(12)21)26-9-25-16/h1-7H,9H2,(H,23,24). The summed E-state index contributed by atoms with van der Waals surface area (Å²) in [7, 11) is 0. The highest BCUT2D eigenvalue weighted by Gasteiger charge is 2.22. The van der Waals surface area contributed by atoms with Gasteiger partial charge in [-0.2, -0.15) is 5.26 Å². The highest BCUT2D eigenvalue weighted by molar-refractivity contribution is 9.11. The van der Waals surface area contributed by atoms with Gasteiger partial charge >= 0.3 is 0 Å². The molecule has 0 aliphatic carbocycles. The van der Waals surface area contributed by atoms with Crippen LogP contribution in [0.4, 0.5) is 0 Å². The lowest BCUT2D eigenvalue weighted by Gasteiger charge is -2.11. The summed E-state index contributed by atoms with van der Waals surface area (Å²) in [6.45, 7) is 0.141. The van der Waals surface area contributed by atoms with E-state index in [2.05, 4.69) is 36.8 Å². The zero-order valence-corrected chi connectivity index (χ0v) is 16.3. The van der Waals surface area contributed by atoms with Crippen LogP contribution in [0.2, 0.25) is 0 Å². The van der Waals surface area contributed by atoms with Crippen molar-refractivity contribution in [2.24, 2.45) is 0 Å². The smallest absolute Gasteiger partial charge is 0.266 e. The third-order valence-electron chi connectivity index (χ3n) is 4.07. The number of halogens is 2. The van der Waals surface area contributed by atoms with Gasteiger partial charge in [0.1, 0.15) is 11.6 Å². The minimum atomic E-state index is -0.438. The van der Waals surface area contributed by atoms with Crippen LogP contribution in [0.3, 0.4) is 0 Å². The monoisotopic (exact) mass is 472 g/mol. The number of rotatable bonds is 2. The maximum atomic E-state index is 12.5. The molecule has 0 atom stereocenters. The SMILES string of the molecule is N#Cc1c(-c2ccc3c(c2Br)OCO3)cc(-c2ccc(Br)cc2)[nH]c1=O. The fraction of sp³-hybridized carbons (Fsp3) is 0.0526. The average Bonchev–Trinajstić information content (AvgIpc) is 3.12. The van der Waals surface area contributed by atoms with E-state index in [0.29, 0.717) is 32.8 Å². The van der Waals surface area contributed by atoms with E-state index in [9.17, 15) is 10.1 Å². The molecule has 1 aromatic heterocycles. The van der Waals surface area contributed by atoms with E-state index >= 15 is 0 Å². The van der Waals surface area contributed by atoms with Crippen molar-refractivity contribution in [2.45, 2.75) is 0 Å². The number of benzene rings is 2. The van der Waals surface area contributed by atoms with Crippen LogP contribution in [0, 0.1) is 11.3 Å². The van der Waals surface area contributed by atoms with Crippen LogP contribution in [0.25, 0.3) is 22.4 Å². The van der Waals surface area contributed by atoms with Gasteiger partial charge in [0.15, 0.2) is 11.5 Å². The largest absolute Gasteiger partial charge is 0.454 e. The van der Waals surface area contributed by atoms with Crippen molar-refractivity contribution in [3.8, 4) is 40.0 Å². The van der Waals surface area contributed by atoms with E-state index < -0.39 is 5.56 Å². The van der Waals surface area contributed by atoms with Gasteiger partial charge in [0, 0.05) is 21.3 Å². The molecule has 0 spiro atoms. The van der Waals surface area contributed by atoms with Crippen LogP contribution < -0.4 is 15.0 Å². The zero-order chi connectivity index (χ0) is 18.3. The molecule has 26 heavy (non-hydrogen) atoms. The summed E-state index contributed by atoms with van der Waals surface area (Å²) in [6, 6.07) is 14.9.